The molecule has 0 spiro atoms. The summed E-state index contributed by atoms with van der Waals surface area (Å²) in [7, 11) is 0. The van der Waals surface area contributed by atoms with Gasteiger partial charge in [-0.1, -0.05) is 31.2 Å². The normalized spacial score (nSPS) is 22.5. The van der Waals surface area contributed by atoms with Gasteiger partial charge in [0.2, 0.25) is 0 Å². The Morgan fingerprint density at radius 2 is 1.97 bits per heavy atom. The van der Waals surface area contributed by atoms with Crippen LogP contribution in [0.4, 0.5) is 0 Å². The fraction of sp³-hybridized carbons (Fsp3) is 0.696. The second-order valence-corrected chi connectivity index (χ2v) is 9.45. The molecule has 0 aromatic heterocycles. The summed E-state index contributed by atoms with van der Waals surface area (Å²) in [6.45, 7) is 8.23. The van der Waals surface area contributed by atoms with Crippen LogP contribution in [0.3, 0.4) is 0 Å². The van der Waals surface area contributed by atoms with Gasteiger partial charge in [0.05, 0.1) is 19.3 Å². The highest BCUT2D eigenvalue weighted by molar-refractivity contribution is 14.0. The largest absolute Gasteiger partial charge is 0.381 e. The Morgan fingerprint density at radius 3 is 2.73 bits per heavy atom. The van der Waals surface area contributed by atoms with E-state index in [1.165, 1.54) is 36.1 Å². The number of benzene rings is 1. The van der Waals surface area contributed by atoms with Crippen molar-refractivity contribution in [3.05, 3.63) is 35.4 Å². The summed E-state index contributed by atoms with van der Waals surface area (Å²) in [4.78, 5) is 4.84. The summed E-state index contributed by atoms with van der Waals surface area (Å²) < 4.78 is 11.5. The number of aliphatic imine (C=N–C) groups is 1. The molecular weight excluding hydrogens is 509 g/mol. The van der Waals surface area contributed by atoms with Crippen LogP contribution in [0, 0.1) is 0 Å². The molecule has 5 nitrogen and oxygen atoms in total. The molecular formula is C23H38IN3O2S. The van der Waals surface area contributed by atoms with Crippen LogP contribution in [-0.4, -0.2) is 48.9 Å². The monoisotopic (exact) mass is 547 g/mol. The van der Waals surface area contributed by atoms with Gasteiger partial charge in [-0.05, 0) is 55.9 Å². The Bertz CT molecular complexity index is 641. The minimum absolute atomic E-state index is 0. The average molecular weight is 548 g/mol. The fourth-order valence-electron chi connectivity index (χ4n) is 4.02. The zero-order chi connectivity index (χ0) is 20.3. The van der Waals surface area contributed by atoms with Gasteiger partial charge in [0, 0.05) is 31.1 Å². The van der Waals surface area contributed by atoms with E-state index in [1.54, 1.807) is 0 Å². The first-order valence-corrected chi connectivity index (χ1v) is 12.2. The lowest BCUT2D eigenvalue weighted by molar-refractivity contribution is -0.0390. The smallest absolute Gasteiger partial charge is 0.191 e. The Kier molecular flexibility index (Phi) is 12.5. The third-order valence-corrected chi connectivity index (χ3v) is 6.77. The van der Waals surface area contributed by atoms with Crippen LogP contribution in [0.25, 0.3) is 0 Å². The van der Waals surface area contributed by atoms with Gasteiger partial charge in [-0.2, -0.15) is 11.8 Å². The number of guanidine groups is 1. The third kappa shape index (κ3) is 8.93. The number of halogens is 1. The molecule has 1 aromatic rings. The number of hydrogen-bond donors (Lipinski definition) is 2. The van der Waals surface area contributed by atoms with Crippen molar-refractivity contribution >= 4 is 41.7 Å². The van der Waals surface area contributed by atoms with Gasteiger partial charge in [-0.3, -0.25) is 0 Å². The molecule has 1 heterocycles. The van der Waals surface area contributed by atoms with Crippen molar-refractivity contribution in [1.29, 1.82) is 0 Å². The fourth-order valence-corrected chi connectivity index (χ4v) is 5.16. The van der Waals surface area contributed by atoms with Gasteiger partial charge >= 0.3 is 0 Å². The van der Waals surface area contributed by atoms with Gasteiger partial charge in [0.25, 0.3) is 0 Å². The summed E-state index contributed by atoms with van der Waals surface area (Å²) in [5, 5.41) is 7.85. The van der Waals surface area contributed by atoms with Crippen molar-refractivity contribution in [3.8, 4) is 0 Å². The van der Waals surface area contributed by atoms with Crippen molar-refractivity contribution in [1.82, 2.24) is 10.6 Å². The lowest BCUT2D eigenvalue weighted by Crippen LogP contribution is -2.42. The Morgan fingerprint density at radius 1 is 1.17 bits per heavy atom. The lowest BCUT2D eigenvalue weighted by atomic mass is 10.1. The van der Waals surface area contributed by atoms with Crippen LogP contribution in [-0.2, 0) is 22.6 Å². The number of ether oxygens (including phenoxy) is 2. The van der Waals surface area contributed by atoms with Crippen molar-refractivity contribution in [2.75, 3.05) is 25.5 Å². The predicted octanol–water partition coefficient (Wildman–Crippen LogP) is 4.73. The molecule has 1 saturated carbocycles. The van der Waals surface area contributed by atoms with E-state index in [9.17, 15) is 0 Å². The van der Waals surface area contributed by atoms with Crippen LogP contribution in [0.2, 0.25) is 0 Å². The molecule has 2 atom stereocenters. The first kappa shape index (κ1) is 25.7. The third-order valence-electron chi connectivity index (χ3n) is 5.54. The zero-order valence-electron chi connectivity index (χ0n) is 18.4. The molecule has 0 amide bonds. The Hall–Kier alpha value is -0.510. The van der Waals surface area contributed by atoms with E-state index >= 15 is 0 Å². The Balaban J connectivity index is 0.00000320. The lowest BCUT2D eigenvalue weighted by Gasteiger charge is -2.22. The average Bonchev–Trinajstić information content (AvgIpc) is 3.19. The molecule has 170 valence electrons. The molecule has 0 radical (unpaired) electrons. The van der Waals surface area contributed by atoms with Gasteiger partial charge in [-0.15, -0.1) is 24.0 Å². The maximum absolute atomic E-state index is 6.06. The summed E-state index contributed by atoms with van der Waals surface area (Å²) in [5.41, 5.74) is 2.44. The van der Waals surface area contributed by atoms with Crippen LogP contribution in [0.15, 0.2) is 29.3 Å². The van der Waals surface area contributed by atoms with Gasteiger partial charge in [0.1, 0.15) is 0 Å². The van der Waals surface area contributed by atoms with Crippen LogP contribution < -0.4 is 10.6 Å². The SMILES string of the molecule is CCNC(=NCc1cccc(COC2CCOCC2)c1)NC1CCC(SCC)C1.I. The highest BCUT2D eigenvalue weighted by Crippen LogP contribution is 2.29. The number of thioether (sulfide) groups is 1. The van der Waals surface area contributed by atoms with Gasteiger partial charge in [0.15, 0.2) is 5.96 Å². The summed E-state index contributed by atoms with van der Waals surface area (Å²) in [6, 6.07) is 9.15. The van der Waals surface area contributed by atoms with E-state index < -0.39 is 0 Å². The van der Waals surface area contributed by atoms with Crippen molar-refractivity contribution in [3.63, 3.8) is 0 Å². The zero-order valence-corrected chi connectivity index (χ0v) is 21.5. The quantitative estimate of drug-likeness (QED) is 0.266. The standard InChI is InChI=1S/C23H37N3O2S.HI/c1-3-24-23(26-20-8-9-22(15-20)29-4-2)25-16-18-6-5-7-19(14-18)17-28-21-10-12-27-13-11-21;/h5-7,14,20-22H,3-4,8-13,15-17H2,1-2H3,(H2,24,25,26);1H. The molecule has 30 heavy (non-hydrogen) atoms. The van der Waals surface area contributed by atoms with E-state index in [1.807, 2.05) is 0 Å². The second kappa shape index (κ2) is 14.5. The molecule has 2 unspecified atom stereocenters. The minimum Gasteiger partial charge on any atom is -0.381 e. The highest BCUT2D eigenvalue weighted by Gasteiger charge is 2.25. The van der Waals surface area contributed by atoms with E-state index in [0.29, 0.717) is 25.3 Å². The van der Waals surface area contributed by atoms with Crippen LogP contribution >= 0.6 is 35.7 Å². The predicted molar refractivity (Wildman–Crippen MR) is 138 cm³/mol. The van der Waals surface area contributed by atoms with E-state index in [2.05, 4.69) is 60.5 Å². The molecule has 1 aliphatic carbocycles. The van der Waals surface area contributed by atoms with Crippen LogP contribution in [0.5, 0.6) is 0 Å². The van der Waals surface area contributed by atoms with E-state index in [0.717, 1.165) is 43.8 Å². The summed E-state index contributed by atoms with van der Waals surface area (Å²) in [5.74, 6) is 2.14. The molecule has 1 aliphatic heterocycles. The molecule has 2 aliphatic rings. The molecule has 7 heteroatoms. The molecule has 3 rings (SSSR count). The minimum atomic E-state index is 0. The van der Waals surface area contributed by atoms with E-state index in [4.69, 9.17) is 14.5 Å². The molecule has 1 saturated heterocycles. The van der Waals surface area contributed by atoms with Crippen molar-refractivity contribution in [2.24, 2.45) is 4.99 Å². The number of hydrogen-bond acceptors (Lipinski definition) is 4. The molecule has 2 fully saturated rings. The highest BCUT2D eigenvalue weighted by atomic mass is 127. The first-order chi connectivity index (χ1) is 14.3. The summed E-state index contributed by atoms with van der Waals surface area (Å²) >= 11 is 2.09. The van der Waals surface area contributed by atoms with Gasteiger partial charge < -0.3 is 20.1 Å². The second-order valence-electron chi connectivity index (χ2n) is 7.87. The maximum atomic E-state index is 6.06. The van der Waals surface area contributed by atoms with Crippen molar-refractivity contribution < 1.29 is 9.47 Å². The molecule has 2 N–H and O–H groups in total. The molecule has 1 aromatic carbocycles. The molecule has 0 bridgehead atoms. The van der Waals surface area contributed by atoms with E-state index in [-0.39, 0.29) is 24.0 Å². The first-order valence-electron chi connectivity index (χ1n) is 11.2. The topological polar surface area (TPSA) is 54.9 Å². The summed E-state index contributed by atoms with van der Waals surface area (Å²) in [6.07, 6.45) is 6.12. The number of rotatable bonds is 9. The van der Waals surface area contributed by atoms with Crippen LogP contribution in [0.1, 0.15) is 57.1 Å². The Labute approximate surface area is 203 Å². The number of nitrogens with zero attached hydrogens (tertiary/aromatic N) is 1. The number of nitrogens with one attached hydrogen (secondary N) is 2. The van der Waals surface area contributed by atoms with Gasteiger partial charge in [-0.25, -0.2) is 4.99 Å². The van der Waals surface area contributed by atoms with Crippen molar-refractivity contribution in [2.45, 2.75) is 76.5 Å². The maximum Gasteiger partial charge on any atom is 0.191 e.